The van der Waals surface area contributed by atoms with Crippen molar-refractivity contribution in [3.63, 3.8) is 0 Å². The molecule has 27 heavy (non-hydrogen) atoms. The third-order valence-electron chi connectivity index (χ3n) is 5.76. The molecule has 0 radical (unpaired) electrons. The minimum Gasteiger partial charge on any atom is -0.348 e. The minimum atomic E-state index is -0.176. The summed E-state index contributed by atoms with van der Waals surface area (Å²) in [5.41, 5.74) is 5.96. The van der Waals surface area contributed by atoms with Crippen LogP contribution in [0.15, 0.2) is 43.1 Å². The van der Waals surface area contributed by atoms with E-state index in [9.17, 15) is 4.39 Å². The van der Waals surface area contributed by atoms with E-state index in [-0.39, 0.29) is 24.3 Å². The lowest BCUT2D eigenvalue weighted by Crippen LogP contribution is -2.35. The summed E-state index contributed by atoms with van der Waals surface area (Å²) in [5, 5.41) is 1.23. The Morgan fingerprint density at radius 1 is 1.30 bits per heavy atom. The molecule has 0 saturated carbocycles. The van der Waals surface area contributed by atoms with Gasteiger partial charge in [-0.25, -0.2) is 9.37 Å². The van der Waals surface area contributed by atoms with Crippen molar-refractivity contribution < 1.29 is 4.39 Å². The van der Waals surface area contributed by atoms with Gasteiger partial charge in [0.1, 0.15) is 5.82 Å². The second-order valence-corrected chi connectivity index (χ2v) is 7.10. The summed E-state index contributed by atoms with van der Waals surface area (Å²) < 4.78 is 16.1. The largest absolute Gasteiger partial charge is 0.348 e. The van der Waals surface area contributed by atoms with E-state index in [1.165, 1.54) is 22.2 Å². The summed E-state index contributed by atoms with van der Waals surface area (Å²) in [6, 6.07) is 7.32. The molecule has 4 rings (SSSR count). The number of nitrogens with zero attached hydrogens (tertiary/aromatic N) is 3. The lowest BCUT2D eigenvalue weighted by atomic mass is 9.93. The molecule has 0 saturated heterocycles. The van der Waals surface area contributed by atoms with E-state index >= 15 is 0 Å². The Hall–Kier alpha value is -2.33. The number of aryl methyl sites for hydroxylation is 1. The number of aromatic nitrogens is 2. The van der Waals surface area contributed by atoms with Crippen molar-refractivity contribution in [3.8, 4) is 0 Å². The van der Waals surface area contributed by atoms with Crippen LogP contribution in [-0.2, 0) is 13.0 Å². The Bertz CT molecular complexity index is 1010. The number of halogens is 2. The van der Waals surface area contributed by atoms with Gasteiger partial charge >= 0.3 is 0 Å². The van der Waals surface area contributed by atoms with Gasteiger partial charge in [-0.05, 0) is 62.1 Å². The molecule has 1 aromatic carbocycles. The maximum absolute atomic E-state index is 13.8. The summed E-state index contributed by atoms with van der Waals surface area (Å²) in [5.74, 6) is 0.799. The van der Waals surface area contributed by atoms with E-state index in [1.54, 1.807) is 12.1 Å². The summed E-state index contributed by atoms with van der Waals surface area (Å²) in [6.07, 6.45) is 4.71. The predicted molar refractivity (Wildman–Crippen MR) is 113 cm³/mol. The summed E-state index contributed by atoms with van der Waals surface area (Å²) in [4.78, 5) is 7.06. The van der Waals surface area contributed by atoms with Crippen LogP contribution < -0.4 is 4.90 Å². The fourth-order valence-electron chi connectivity index (χ4n) is 4.22. The molecule has 1 atom stereocenters. The second-order valence-electron chi connectivity index (χ2n) is 7.10. The highest BCUT2D eigenvalue weighted by Gasteiger charge is 2.28. The molecule has 1 unspecified atom stereocenters. The Kier molecular flexibility index (Phi) is 5.29. The highest BCUT2D eigenvalue weighted by atomic mass is 35.5. The molecule has 3 heterocycles. The standard InChI is InChI=1S/C22H24FN3.ClH/c1-5-11-25-15(3)14(2)19-8-10-24-22(21(19)25)26-12-9-17-6-7-18(23)13-20(17)16(26)4;/h5-8,10,13,16H,1,9,11-12H2,2-4H3;1H. The van der Waals surface area contributed by atoms with Crippen molar-refractivity contribution in [2.45, 2.75) is 39.8 Å². The molecular weight excluding hydrogens is 361 g/mol. The molecule has 1 aliphatic heterocycles. The van der Waals surface area contributed by atoms with Crippen LogP contribution in [0.1, 0.15) is 35.3 Å². The van der Waals surface area contributed by atoms with Crippen LogP contribution >= 0.6 is 12.4 Å². The van der Waals surface area contributed by atoms with Crippen molar-refractivity contribution in [2.75, 3.05) is 11.4 Å². The third-order valence-corrected chi connectivity index (χ3v) is 5.76. The summed E-state index contributed by atoms with van der Waals surface area (Å²) in [7, 11) is 0. The van der Waals surface area contributed by atoms with Crippen LogP contribution in [0.4, 0.5) is 10.2 Å². The van der Waals surface area contributed by atoms with Crippen molar-refractivity contribution >= 4 is 29.1 Å². The zero-order valence-electron chi connectivity index (χ0n) is 16.0. The number of fused-ring (bicyclic) bond motifs is 2. The van der Waals surface area contributed by atoms with E-state index in [2.05, 4.69) is 42.9 Å². The van der Waals surface area contributed by atoms with Gasteiger partial charge in [-0.3, -0.25) is 0 Å². The molecule has 5 heteroatoms. The molecule has 0 aliphatic carbocycles. The smallest absolute Gasteiger partial charge is 0.153 e. The second kappa shape index (κ2) is 7.35. The number of hydrogen-bond donors (Lipinski definition) is 0. The number of allylic oxidation sites excluding steroid dienone is 1. The predicted octanol–water partition coefficient (Wildman–Crippen LogP) is 5.52. The number of rotatable bonds is 3. The number of pyridine rings is 1. The first-order valence-electron chi connectivity index (χ1n) is 9.13. The monoisotopic (exact) mass is 385 g/mol. The lowest BCUT2D eigenvalue weighted by Gasteiger charge is -2.36. The normalized spacial score (nSPS) is 16.1. The molecule has 3 aromatic rings. The van der Waals surface area contributed by atoms with Crippen LogP contribution in [0.5, 0.6) is 0 Å². The van der Waals surface area contributed by atoms with Crippen molar-refractivity contribution in [1.29, 1.82) is 0 Å². The van der Waals surface area contributed by atoms with E-state index in [4.69, 9.17) is 4.98 Å². The van der Waals surface area contributed by atoms with Gasteiger partial charge < -0.3 is 9.47 Å². The molecule has 1 aliphatic rings. The number of benzene rings is 1. The molecule has 3 nitrogen and oxygen atoms in total. The Morgan fingerprint density at radius 3 is 2.81 bits per heavy atom. The van der Waals surface area contributed by atoms with E-state index in [0.29, 0.717) is 0 Å². The molecule has 0 fully saturated rings. The van der Waals surface area contributed by atoms with Crippen molar-refractivity contribution in [1.82, 2.24) is 9.55 Å². The third kappa shape index (κ3) is 3.02. The van der Waals surface area contributed by atoms with Gasteiger partial charge in [-0.2, -0.15) is 0 Å². The molecule has 0 amide bonds. The Morgan fingerprint density at radius 2 is 2.07 bits per heavy atom. The number of anilines is 1. The van der Waals surface area contributed by atoms with Crippen LogP contribution in [0, 0.1) is 19.7 Å². The Balaban J connectivity index is 0.00000210. The number of hydrogen-bond acceptors (Lipinski definition) is 2. The van der Waals surface area contributed by atoms with Crippen LogP contribution in [0.3, 0.4) is 0 Å². The van der Waals surface area contributed by atoms with Crippen LogP contribution in [-0.4, -0.2) is 16.1 Å². The van der Waals surface area contributed by atoms with Gasteiger partial charge in [0.25, 0.3) is 0 Å². The van der Waals surface area contributed by atoms with Crippen LogP contribution in [0.2, 0.25) is 0 Å². The molecule has 0 spiro atoms. The van der Waals surface area contributed by atoms with Crippen molar-refractivity contribution in [2.24, 2.45) is 0 Å². The maximum Gasteiger partial charge on any atom is 0.153 e. The van der Waals surface area contributed by atoms with E-state index in [1.807, 2.05) is 18.3 Å². The maximum atomic E-state index is 13.8. The average Bonchev–Trinajstić information content (AvgIpc) is 2.88. The first-order chi connectivity index (χ1) is 12.5. The summed E-state index contributed by atoms with van der Waals surface area (Å²) in [6.45, 7) is 12.0. The summed E-state index contributed by atoms with van der Waals surface area (Å²) >= 11 is 0. The quantitative estimate of drug-likeness (QED) is 0.553. The lowest BCUT2D eigenvalue weighted by molar-refractivity contribution is 0.590. The molecule has 0 bridgehead atoms. The Labute approximate surface area is 165 Å². The molecule has 0 N–H and O–H groups in total. The average molecular weight is 386 g/mol. The van der Waals surface area contributed by atoms with Gasteiger partial charge in [0, 0.05) is 30.4 Å². The fraction of sp³-hybridized carbons (Fsp3) is 0.318. The van der Waals surface area contributed by atoms with Crippen LogP contribution in [0.25, 0.3) is 10.9 Å². The first-order valence-corrected chi connectivity index (χ1v) is 9.13. The van der Waals surface area contributed by atoms with Gasteiger partial charge in [0.05, 0.1) is 11.6 Å². The van der Waals surface area contributed by atoms with Crippen molar-refractivity contribution in [3.05, 3.63) is 71.3 Å². The molecule has 142 valence electrons. The van der Waals surface area contributed by atoms with E-state index < -0.39 is 0 Å². The zero-order valence-corrected chi connectivity index (χ0v) is 16.8. The molecule has 2 aromatic heterocycles. The minimum absolute atomic E-state index is 0. The highest BCUT2D eigenvalue weighted by Crippen LogP contribution is 2.38. The van der Waals surface area contributed by atoms with Gasteiger partial charge in [0.15, 0.2) is 5.82 Å². The molecular formula is C22H25ClFN3. The fourth-order valence-corrected chi connectivity index (χ4v) is 4.22. The topological polar surface area (TPSA) is 21.1 Å². The van der Waals surface area contributed by atoms with E-state index in [0.717, 1.165) is 36.4 Å². The SMILES string of the molecule is C=CCn1c(C)c(C)c2ccnc(N3CCc4ccc(F)cc4C3C)c21.Cl. The van der Waals surface area contributed by atoms with Gasteiger partial charge in [-0.1, -0.05) is 12.1 Å². The van der Waals surface area contributed by atoms with Gasteiger partial charge in [-0.15, -0.1) is 19.0 Å². The first kappa shape index (κ1) is 19.4. The highest BCUT2D eigenvalue weighted by molar-refractivity contribution is 5.93. The van der Waals surface area contributed by atoms with Gasteiger partial charge in [0.2, 0.25) is 0 Å². The zero-order chi connectivity index (χ0) is 18.4.